The molecule has 10 rings (SSSR count). The van der Waals surface area contributed by atoms with Crippen LogP contribution in [-0.2, 0) is 12.4 Å². The Balaban J connectivity index is 1.36. The Labute approximate surface area is 369 Å². The van der Waals surface area contributed by atoms with Crippen LogP contribution < -0.4 is 0 Å². The summed E-state index contributed by atoms with van der Waals surface area (Å²) in [4.78, 5) is 13.4. The van der Waals surface area contributed by atoms with E-state index in [-0.39, 0.29) is 39.2 Å². The van der Waals surface area contributed by atoms with Gasteiger partial charge in [0, 0.05) is 38.6 Å². The van der Waals surface area contributed by atoms with E-state index in [0.29, 0.717) is 33.8 Å². The van der Waals surface area contributed by atoms with E-state index in [1.807, 2.05) is 109 Å². The predicted octanol–water partition coefficient (Wildman–Crippen LogP) is 16.2. The molecule has 0 aliphatic carbocycles. The number of aromatic nitrogens is 3. The van der Waals surface area contributed by atoms with Gasteiger partial charge in [-0.25, -0.2) is 14.8 Å². The molecule has 314 valence electrons. The minimum atomic E-state index is -4.84. The zero-order chi connectivity index (χ0) is 44.9. The summed E-state index contributed by atoms with van der Waals surface area (Å²) >= 11 is 0. The summed E-state index contributed by atoms with van der Waals surface area (Å²) in [6.45, 7) is 7.40. The first-order chi connectivity index (χ1) is 31.5. The number of hydrogen-bond donors (Lipinski definition) is 0. The Bertz CT molecular complexity index is 3320. The van der Waals surface area contributed by atoms with Crippen LogP contribution in [-0.4, -0.2) is 14.5 Å². The van der Waals surface area contributed by atoms with Gasteiger partial charge in [0.1, 0.15) is 0 Å². The van der Waals surface area contributed by atoms with Crippen LogP contribution in [0.15, 0.2) is 194 Å². The van der Waals surface area contributed by atoms with E-state index in [1.165, 1.54) is 36.4 Å². The van der Waals surface area contributed by atoms with Gasteiger partial charge in [-0.05, 0) is 70.8 Å². The average Bonchev–Trinajstić information content (AvgIpc) is 3.66. The third-order valence-corrected chi connectivity index (χ3v) is 11.5. The zero-order valence-corrected chi connectivity index (χ0v) is 34.0. The summed E-state index contributed by atoms with van der Waals surface area (Å²) in [5, 5.41) is 1.45. The Morgan fingerprint density at radius 2 is 0.892 bits per heavy atom. The van der Waals surface area contributed by atoms with Crippen molar-refractivity contribution < 1.29 is 26.3 Å². The maximum atomic E-state index is 15.3. The summed E-state index contributed by atoms with van der Waals surface area (Å²) in [5.41, 5.74) is 3.50. The van der Waals surface area contributed by atoms with Crippen LogP contribution in [0.3, 0.4) is 0 Å². The minimum Gasteiger partial charge on any atom is -0.308 e. The molecule has 0 atom stereocenters. The van der Waals surface area contributed by atoms with Crippen LogP contribution in [0.2, 0.25) is 0 Å². The summed E-state index contributed by atoms with van der Waals surface area (Å²) in [7, 11) is 0. The molecular weight excluding hydrogens is 831 g/mol. The highest BCUT2D eigenvalue weighted by Gasteiger charge is 2.37. The molecule has 0 radical (unpaired) electrons. The van der Waals surface area contributed by atoms with E-state index in [1.54, 1.807) is 41.0 Å². The molecule has 0 bridgehead atoms. The molecular formula is C55H32F6N4. The van der Waals surface area contributed by atoms with E-state index >= 15 is 26.3 Å². The van der Waals surface area contributed by atoms with Crippen LogP contribution in [0, 0.1) is 6.57 Å². The Morgan fingerprint density at radius 1 is 0.400 bits per heavy atom. The zero-order valence-electron chi connectivity index (χ0n) is 34.0. The molecule has 8 aromatic carbocycles. The molecule has 10 aromatic rings. The fraction of sp³-hybridized carbons (Fsp3) is 0.0364. The molecule has 10 heteroatoms. The molecule has 0 spiro atoms. The average molecular weight is 863 g/mol. The van der Waals surface area contributed by atoms with E-state index in [2.05, 4.69) is 4.85 Å². The Morgan fingerprint density at radius 3 is 1.48 bits per heavy atom. The number of rotatable bonds is 7. The summed E-state index contributed by atoms with van der Waals surface area (Å²) in [5.74, 6) is 0.322. The molecule has 0 saturated carbocycles. The number of halogens is 6. The van der Waals surface area contributed by atoms with Crippen molar-refractivity contribution in [3.8, 4) is 73.0 Å². The first kappa shape index (κ1) is 40.8. The maximum Gasteiger partial charge on any atom is 0.417 e. The van der Waals surface area contributed by atoms with Gasteiger partial charge < -0.3 is 4.57 Å². The maximum absolute atomic E-state index is 15.3. The first-order valence-corrected chi connectivity index (χ1v) is 20.5. The van der Waals surface area contributed by atoms with Crippen LogP contribution in [0.5, 0.6) is 0 Å². The van der Waals surface area contributed by atoms with E-state index in [4.69, 9.17) is 16.5 Å². The Kier molecular flexibility index (Phi) is 10.1. The second-order valence-electron chi connectivity index (χ2n) is 15.4. The summed E-state index contributed by atoms with van der Waals surface area (Å²) < 4.78 is 93.7. The van der Waals surface area contributed by atoms with Crippen molar-refractivity contribution in [1.29, 1.82) is 0 Å². The monoisotopic (exact) mass is 862 g/mol. The molecule has 2 aromatic heterocycles. The highest BCUT2D eigenvalue weighted by molar-refractivity contribution is 6.12. The largest absolute Gasteiger partial charge is 0.417 e. The molecule has 0 fully saturated rings. The molecule has 0 saturated heterocycles. The normalized spacial score (nSPS) is 11.8. The smallest absolute Gasteiger partial charge is 0.308 e. The number of hydrogen-bond acceptors (Lipinski definition) is 2. The molecule has 2 heterocycles. The number of para-hydroxylation sites is 1. The van der Waals surface area contributed by atoms with Crippen molar-refractivity contribution in [2.45, 2.75) is 12.4 Å². The third-order valence-electron chi connectivity index (χ3n) is 11.5. The van der Waals surface area contributed by atoms with Gasteiger partial charge in [0.25, 0.3) is 0 Å². The first-order valence-electron chi connectivity index (χ1n) is 20.5. The SMILES string of the molecule is [C-]#[N+]c1ccc(-c2ccc3c(c2)c2ccccc2n3-c2c(-c3ccccc3C(F)(F)F)cc(-c3cc(-c4ccccc4)nc(-c4ccccc4)n3)cc2-c2ccccc2C(F)(F)F)cc1. The van der Waals surface area contributed by atoms with Gasteiger partial charge >= 0.3 is 12.4 Å². The molecule has 0 aliphatic heterocycles. The molecule has 65 heavy (non-hydrogen) atoms. The van der Waals surface area contributed by atoms with Gasteiger partial charge in [0.05, 0.1) is 45.8 Å². The molecule has 0 N–H and O–H groups in total. The van der Waals surface area contributed by atoms with Gasteiger partial charge in [0.2, 0.25) is 0 Å². The molecule has 0 unspecified atom stereocenters. The van der Waals surface area contributed by atoms with Crippen molar-refractivity contribution in [3.63, 3.8) is 0 Å². The van der Waals surface area contributed by atoms with E-state index in [0.717, 1.165) is 39.6 Å². The van der Waals surface area contributed by atoms with Crippen LogP contribution >= 0.6 is 0 Å². The van der Waals surface area contributed by atoms with Gasteiger partial charge in [-0.2, -0.15) is 26.3 Å². The quantitative estimate of drug-likeness (QED) is 0.118. The van der Waals surface area contributed by atoms with Crippen LogP contribution in [0.1, 0.15) is 11.1 Å². The predicted molar refractivity (Wildman–Crippen MR) is 245 cm³/mol. The lowest BCUT2D eigenvalue weighted by atomic mass is 9.88. The number of benzene rings is 8. The number of nitrogens with zero attached hydrogens (tertiary/aromatic N) is 4. The minimum absolute atomic E-state index is 0.0324. The Hall–Kier alpha value is -8.29. The summed E-state index contributed by atoms with van der Waals surface area (Å²) in [6, 6.07) is 53.8. The van der Waals surface area contributed by atoms with Gasteiger partial charge in [-0.3, -0.25) is 0 Å². The van der Waals surface area contributed by atoms with Crippen LogP contribution in [0.25, 0.3) is 99.6 Å². The van der Waals surface area contributed by atoms with Crippen molar-refractivity contribution in [2.24, 2.45) is 0 Å². The van der Waals surface area contributed by atoms with Gasteiger partial charge in [-0.15, -0.1) is 0 Å². The number of alkyl halides is 6. The third kappa shape index (κ3) is 7.57. The molecule has 0 amide bonds. The van der Waals surface area contributed by atoms with Crippen molar-refractivity contribution in [3.05, 3.63) is 217 Å². The fourth-order valence-electron chi connectivity index (χ4n) is 8.55. The van der Waals surface area contributed by atoms with Crippen molar-refractivity contribution in [2.75, 3.05) is 0 Å². The van der Waals surface area contributed by atoms with Crippen molar-refractivity contribution in [1.82, 2.24) is 14.5 Å². The lowest BCUT2D eigenvalue weighted by molar-refractivity contribution is -0.137. The topological polar surface area (TPSA) is 35.1 Å². The lowest BCUT2D eigenvalue weighted by Crippen LogP contribution is -2.11. The molecule has 4 nitrogen and oxygen atoms in total. The highest BCUT2D eigenvalue weighted by atomic mass is 19.4. The second-order valence-corrected chi connectivity index (χ2v) is 15.4. The lowest BCUT2D eigenvalue weighted by Gasteiger charge is -2.24. The van der Waals surface area contributed by atoms with E-state index < -0.39 is 23.5 Å². The molecule has 0 aliphatic rings. The van der Waals surface area contributed by atoms with Crippen molar-refractivity contribution >= 4 is 27.5 Å². The highest BCUT2D eigenvalue weighted by Crippen LogP contribution is 2.49. The van der Waals surface area contributed by atoms with Crippen LogP contribution in [0.4, 0.5) is 32.0 Å². The summed E-state index contributed by atoms with van der Waals surface area (Å²) in [6.07, 6.45) is -9.69. The van der Waals surface area contributed by atoms with E-state index in [9.17, 15) is 0 Å². The number of fused-ring (bicyclic) bond motifs is 3. The van der Waals surface area contributed by atoms with Gasteiger partial charge in [-0.1, -0.05) is 146 Å². The fourth-order valence-corrected chi connectivity index (χ4v) is 8.55. The standard InChI is InChI=1S/C55H32F6N4/c1-62-39-27-24-34(25-28-39)37-26-29-51-43(30-37)42-20-10-13-23-50(42)65(51)52-44(40-18-8-11-21-46(40)54(56,57)58)31-38(32-45(52)41-19-9-12-22-47(41)55(59,60)61)49-33-48(35-14-4-2-5-15-35)63-53(64-49)36-16-6-3-7-17-36/h2-33H. The second kappa shape index (κ2) is 16.1. The van der Waals surface area contributed by atoms with Gasteiger partial charge in [0.15, 0.2) is 11.5 Å².